The second kappa shape index (κ2) is 5.34. The van der Waals surface area contributed by atoms with Crippen molar-refractivity contribution in [1.29, 1.82) is 0 Å². The average Bonchev–Trinajstić information content (AvgIpc) is 2.29. The summed E-state index contributed by atoms with van der Waals surface area (Å²) in [6.07, 6.45) is 1.04. The number of nitrogens with one attached hydrogen (secondary N) is 1. The molecule has 16 heavy (non-hydrogen) atoms. The van der Waals surface area contributed by atoms with Gasteiger partial charge in [0.15, 0.2) is 9.84 Å². The van der Waals surface area contributed by atoms with Gasteiger partial charge in [-0.15, -0.1) is 0 Å². The number of rotatable bonds is 5. The van der Waals surface area contributed by atoms with E-state index in [1.807, 2.05) is 12.1 Å². The lowest BCUT2D eigenvalue weighted by atomic mass is 10.2. The Balaban J connectivity index is 2.84. The fourth-order valence-electron chi connectivity index (χ4n) is 1.31. The van der Waals surface area contributed by atoms with Crippen LogP contribution < -0.4 is 5.32 Å². The van der Waals surface area contributed by atoms with E-state index in [1.165, 1.54) is 0 Å². The topological polar surface area (TPSA) is 46.2 Å². The number of sulfone groups is 1. The standard InChI is InChI=1S/C12H19NO2S/c1-4-10(3)13-11-6-8-12(9-7-11)16(14,15)5-2/h6-10,13H,4-5H2,1-3H3. The van der Waals surface area contributed by atoms with E-state index in [2.05, 4.69) is 19.2 Å². The Morgan fingerprint density at radius 1 is 1.19 bits per heavy atom. The fourth-order valence-corrected chi connectivity index (χ4v) is 2.20. The van der Waals surface area contributed by atoms with Crippen LogP contribution in [0, 0.1) is 0 Å². The van der Waals surface area contributed by atoms with Crippen LogP contribution in [0.2, 0.25) is 0 Å². The van der Waals surface area contributed by atoms with Crippen molar-refractivity contribution in [3.8, 4) is 0 Å². The first kappa shape index (κ1) is 13.0. The van der Waals surface area contributed by atoms with Crippen LogP contribution in [-0.2, 0) is 9.84 Å². The van der Waals surface area contributed by atoms with Gasteiger partial charge in [-0.2, -0.15) is 0 Å². The van der Waals surface area contributed by atoms with Crippen LogP contribution in [0.5, 0.6) is 0 Å². The van der Waals surface area contributed by atoms with Gasteiger partial charge in [-0.1, -0.05) is 13.8 Å². The van der Waals surface area contributed by atoms with Gasteiger partial charge in [0, 0.05) is 11.7 Å². The second-order valence-electron chi connectivity index (χ2n) is 3.88. The van der Waals surface area contributed by atoms with Gasteiger partial charge in [-0.25, -0.2) is 8.42 Å². The Bertz CT molecular complexity index is 423. The van der Waals surface area contributed by atoms with Crippen molar-refractivity contribution in [3.63, 3.8) is 0 Å². The van der Waals surface area contributed by atoms with E-state index in [1.54, 1.807) is 19.1 Å². The molecule has 4 heteroatoms. The van der Waals surface area contributed by atoms with Crippen LogP contribution in [0.4, 0.5) is 5.69 Å². The number of hydrogen-bond acceptors (Lipinski definition) is 3. The Labute approximate surface area is 97.8 Å². The zero-order valence-electron chi connectivity index (χ0n) is 10.0. The maximum absolute atomic E-state index is 11.6. The van der Waals surface area contributed by atoms with Crippen molar-refractivity contribution < 1.29 is 8.42 Å². The summed E-state index contributed by atoms with van der Waals surface area (Å²) in [6, 6.07) is 7.34. The van der Waals surface area contributed by atoms with Crippen LogP contribution in [0.15, 0.2) is 29.2 Å². The minimum atomic E-state index is -3.08. The quantitative estimate of drug-likeness (QED) is 0.862. The Morgan fingerprint density at radius 2 is 1.75 bits per heavy atom. The first-order valence-corrected chi connectivity index (χ1v) is 7.24. The Kier molecular flexibility index (Phi) is 4.35. The molecule has 0 aromatic heterocycles. The maximum Gasteiger partial charge on any atom is 0.178 e. The fraction of sp³-hybridized carbons (Fsp3) is 0.500. The molecule has 1 atom stereocenters. The summed E-state index contributed by atoms with van der Waals surface area (Å²) >= 11 is 0. The summed E-state index contributed by atoms with van der Waals surface area (Å²) in [4.78, 5) is 0.393. The minimum absolute atomic E-state index is 0.144. The third-order valence-corrected chi connectivity index (χ3v) is 4.37. The van der Waals surface area contributed by atoms with E-state index in [-0.39, 0.29) is 5.75 Å². The molecule has 3 nitrogen and oxygen atoms in total. The summed E-state index contributed by atoms with van der Waals surface area (Å²) in [5, 5.41) is 3.29. The summed E-state index contributed by atoms with van der Waals surface area (Å²) in [5.41, 5.74) is 0.962. The molecule has 0 bridgehead atoms. The molecule has 0 aliphatic carbocycles. The number of anilines is 1. The van der Waals surface area contributed by atoms with Crippen molar-refractivity contribution in [2.75, 3.05) is 11.1 Å². The molecule has 0 saturated carbocycles. The van der Waals surface area contributed by atoms with E-state index in [0.29, 0.717) is 10.9 Å². The molecular weight excluding hydrogens is 222 g/mol. The zero-order valence-corrected chi connectivity index (χ0v) is 10.8. The first-order chi connectivity index (χ1) is 7.49. The van der Waals surface area contributed by atoms with Crippen LogP contribution in [0.1, 0.15) is 27.2 Å². The third-order valence-electron chi connectivity index (χ3n) is 2.62. The predicted molar refractivity (Wildman–Crippen MR) is 67.5 cm³/mol. The molecule has 0 aliphatic heterocycles. The highest BCUT2D eigenvalue weighted by molar-refractivity contribution is 7.91. The largest absolute Gasteiger partial charge is 0.383 e. The number of hydrogen-bond donors (Lipinski definition) is 1. The molecule has 1 N–H and O–H groups in total. The van der Waals surface area contributed by atoms with Crippen molar-refractivity contribution in [3.05, 3.63) is 24.3 Å². The van der Waals surface area contributed by atoms with E-state index < -0.39 is 9.84 Å². The molecule has 0 radical (unpaired) electrons. The lowest BCUT2D eigenvalue weighted by Gasteiger charge is -2.13. The highest BCUT2D eigenvalue weighted by Crippen LogP contribution is 2.16. The first-order valence-electron chi connectivity index (χ1n) is 5.59. The van der Waals surface area contributed by atoms with Crippen molar-refractivity contribution in [2.24, 2.45) is 0 Å². The van der Waals surface area contributed by atoms with Crippen molar-refractivity contribution in [2.45, 2.75) is 38.1 Å². The maximum atomic E-state index is 11.6. The monoisotopic (exact) mass is 241 g/mol. The molecule has 0 saturated heterocycles. The van der Waals surface area contributed by atoms with Crippen molar-refractivity contribution in [1.82, 2.24) is 0 Å². The lowest BCUT2D eigenvalue weighted by molar-refractivity contribution is 0.597. The van der Waals surface area contributed by atoms with Crippen LogP contribution >= 0.6 is 0 Å². The molecule has 0 fully saturated rings. The summed E-state index contributed by atoms with van der Waals surface area (Å²) < 4.78 is 23.1. The van der Waals surface area contributed by atoms with Gasteiger partial charge in [-0.05, 0) is 37.6 Å². The van der Waals surface area contributed by atoms with Gasteiger partial charge in [0.1, 0.15) is 0 Å². The molecule has 1 unspecified atom stereocenters. The second-order valence-corrected chi connectivity index (χ2v) is 6.16. The highest BCUT2D eigenvalue weighted by atomic mass is 32.2. The van der Waals surface area contributed by atoms with Gasteiger partial charge in [0.25, 0.3) is 0 Å². The third kappa shape index (κ3) is 3.23. The van der Waals surface area contributed by atoms with E-state index in [9.17, 15) is 8.42 Å². The molecule has 0 heterocycles. The Hall–Kier alpha value is -1.03. The van der Waals surface area contributed by atoms with Crippen LogP contribution in [0.25, 0.3) is 0 Å². The van der Waals surface area contributed by atoms with E-state index in [4.69, 9.17) is 0 Å². The molecule has 90 valence electrons. The van der Waals surface area contributed by atoms with Gasteiger partial charge in [0.2, 0.25) is 0 Å². The van der Waals surface area contributed by atoms with E-state index in [0.717, 1.165) is 12.1 Å². The minimum Gasteiger partial charge on any atom is -0.383 e. The van der Waals surface area contributed by atoms with Crippen LogP contribution in [0.3, 0.4) is 0 Å². The summed E-state index contributed by atoms with van der Waals surface area (Å²) in [6.45, 7) is 5.85. The average molecular weight is 241 g/mol. The summed E-state index contributed by atoms with van der Waals surface area (Å²) in [7, 11) is -3.08. The lowest BCUT2D eigenvalue weighted by Crippen LogP contribution is -2.13. The molecule has 1 rings (SSSR count). The molecular formula is C12H19NO2S. The van der Waals surface area contributed by atoms with Crippen LogP contribution in [-0.4, -0.2) is 20.2 Å². The normalized spacial score (nSPS) is 13.4. The smallest absolute Gasteiger partial charge is 0.178 e. The SMILES string of the molecule is CCC(C)Nc1ccc(S(=O)(=O)CC)cc1. The predicted octanol–water partition coefficient (Wildman–Crippen LogP) is 2.69. The molecule has 1 aromatic rings. The molecule has 0 amide bonds. The van der Waals surface area contributed by atoms with Crippen molar-refractivity contribution >= 4 is 15.5 Å². The molecule has 0 aliphatic rings. The zero-order chi connectivity index (χ0) is 12.2. The number of benzene rings is 1. The molecule has 1 aromatic carbocycles. The van der Waals surface area contributed by atoms with Gasteiger partial charge in [-0.3, -0.25) is 0 Å². The van der Waals surface area contributed by atoms with E-state index >= 15 is 0 Å². The van der Waals surface area contributed by atoms with Gasteiger partial charge in [0.05, 0.1) is 10.6 Å². The van der Waals surface area contributed by atoms with Gasteiger partial charge >= 0.3 is 0 Å². The summed E-state index contributed by atoms with van der Waals surface area (Å²) in [5.74, 6) is 0.144. The highest BCUT2D eigenvalue weighted by Gasteiger charge is 2.10. The Morgan fingerprint density at radius 3 is 2.19 bits per heavy atom. The van der Waals surface area contributed by atoms with Gasteiger partial charge < -0.3 is 5.32 Å². The molecule has 0 spiro atoms.